The minimum Gasteiger partial charge on any atom is -0.465 e. The fourth-order valence-electron chi connectivity index (χ4n) is 8.04. The van der Waals surface area contributed by atoms with E-state index in [2.05, 4.69) is 20.3 Å². The Morgan fingerprint density at radius 3 is 2.09 bits per heavy atom. The standard InChI is InChI=1S/C41H48N10O6/c1-22(2)36(49(5)41(56)57)40(55)51-17-7-9-34(51)38-43-20-31(47-38)26-12-10-25(11-13-26)30-19-42-29-18-27(14-15-28(29)46-30)32-21-44-37(48-32)33-8-6-16-50(33)39(54)35(23(3)52)45-24(4)53/h10-15,18-23,33-36,52H,6-9,16-17H2,1-5H3,(H,43,47)(H,44,48)(H,45,53)(H,56,57)/t23?,33-,34-,35-,36-/m0/s1. The number of likely N-dealkylation sites (N-methyl/N-ethyl adjacent to an activating group) is 1. The van der Waals surface area contributed by atoms with E-state index >= 15 is 0 Å². The van der Waals surface area contributed by atoms with Crippen molar-refractivity contribution in [2.75, 3.05) is 20.1 Å². The van der Waals surface area contributed by atoms with Gasteiger partial charge in [0.05, 0.1) is 58.7 Å². The van der Waals surface area contributed by atoms with Crippen molar-refractivity contribution in [1.29, 1.82) is 0 Å². The van der Waals surface area contributed by atoms with Crippen molar-refractivity contribution in [3.05, 3.63) is 72.7 Å². The molecule has 16 nitrogen and oxygen atoms in total. The smallest absolute Gasteiger partial charge is 0.407 e. The number of rotatable bonds is 11. The first kappa shape index (κ1) is 39.1. The van der Waals surface area contributed by atoms with E-state index in [1.807, 2.05) is 62.5 Å². The molecular weight excluding hydrogens is 729 g/mol. The number of hydrogen-bond donors (Lipinski definition) is 5. The molecule has 5 heterocycles. The summed E-state index contributed by atoms with van der Waals surface area (Å²) in [6.07, 6.45) is 6.14. The Bertz CT molecular complexity index is 2280. The van der Waals surface area contributed by atoms with Gasteiger partial charge in [-0.2, -0.15) is 0 Å². The lowest BCUT2D eigenvalue weighted by atomic mass is 10.0. The predicted molar refractivity (Wildman–Crippen MR) is 211 cm³/mol. The number of nitrogens with one attached hydrogen (secondary N) is 3. The van der Waals surface area contributed by atoms with Gasteiger partial charge in [0.1, 0.15) is 23.7 Å². The normalized spacial score (nSPS) is 18.5. The number of hydrogen-bond acceptors (Lipinski definition) is 9. The van der Waals surface area contributed by atoms with Gasteiger partial charge in [-0.25, -0.2) is 19.7 Å². The Hall–Kier alpha value is -6.16. The molecule has 2 aliphatic heterocycles. The molecule has 0 aliphatic carbocycles. The van der Waals surface area contributed by atoms with Crippen molar-refractivity contribution < 1.29 is 29.4 Å². The Morgan fingerprint density at radius 2 is 1.46 bits per heavy atom. The maximum absolute atomic E-state index is 13.6. The topological polar surface area (TPSA) is 214 Å². The van der Waals surface area contributed by atoms with Crippen LogP contribution >= 0.6 is 0 Å². The van der Waals surface area contributed by atoms with E-state index in [0.717, 1.165) is 57.8 Å². The Balaban J connectivity index is 1.03. The number of fused-ring (bicyclic) bond motifs is 1. The summed E-state index contributed by atoms with van der Waals surface area (Å²) < 4.78 is 0. The number of benzene rings is 2. The highest BCUT2D eigenvalue weighted by Crippen LogP contribution is 2.35. The number of imidazole rings is 2. The number of aliphatic hydroxyl groups excluding tert-OH is 1. The fourth-order valence-corrected chi connectivity index (χ4v) is 8.04. The Labute approximate surface area is 329 Å². The summed E-state index contributed by atoms with van der Waals surface area (Å²) in [7, 11) is 1.44. The number of likely N-dealkylation sites (tertiary alicyclic amines) is 2. The summed E-state index contributed by atoms with van der Waals surface area (Å²) in [6, 6.07) is 11.3. The van der Waals surface area contributed by atoms with Crippen LogP contribution in [0.1, 0.15) is 77.1 Å². The minimum absolute atomic E-state index is 0.184. The van der Waals surface area contributed by atoms with Gasteiger partial charge in [0.2, 0.25) is 17.7 Å². The average molecular weight is 777 g/mol. The third-order valence-electron chi connectivity index (χ3n) is 10.9. The van der Waals surface area contributed by atoms with Crippen LogP contribution in [0.3, 0.4) is 0 Å². The maximum Gasteiger partial charge on any atom is 0.407 e. The Kier molecular flexibility index (Phi) is 11.1. The predicted octanol–water partition coefficient (Wildman–Crippen LogP) is 4.92. The Morgan fingerprint density at radius 1 is 0.825 bits per heavy atom. The van der Waals surface area contributed by atoms with Gasteiger partial charge < -0.3 is 35.3 Å². The first-order chi connectivity index (χ1) is 27.3. The summed E-state index contributed by atoms with van der Waals surface area (Å²) in [5.74, 6) is 0.189. The second kappa shape index (κ2) is 16.1. The number of H-pyrrole nitrogens is 2. The first-order valence-electron chi connectivity index (χ1n) is 19.3. The van der Waals surface area contributed by atoms with Gasteiger partial charge in [0.15, 0.2) is 0 Å². The summed E-state index contributed by atoms with van der Waals surface area (Å²) >= 11 is 0. The molecule has 5 N–H and O–H groups in total. The molecule has 4 amide bonds. The third-order valence-corrected chi connectivity index (χ3v) is 10.9. The van der Waals surface area contributed by atoms with Gasteiger partial charge in [-0.05, 0) is 50.7 Å². The molecular formula is C41H48N10O6. The van der Waals surface area contributed by atoms with Crippen LogP contribution in [0.4, 0.5) is 4.79 Å². The lowest BCUT2D eigenvalue weighted by Crippen LogP contribution is -2.53. The minimum atomic E-state index is -1.13. The summed E-state index contributed by atoms with van der Waals surface area (Å²) in [5.41, 5.74) is 6.26. The number of aromatic nitrogens is 6. The number of carbonyl (C=O) groups is 4. The molecule has 7 rings (SSSR count). The molecule has 2 saturated heterocycles. The molecule has 1 unspecified atom stereocenters. The molecule has 5 atom stereocenters. The van der Waals surface area contributed by atoms with Crippen molar-refractivity contribution in [3.63, 3.8) is 0 Å². The van der Waals surface area contributed by atoms with Crippen molar-refractivity contribution in [2.45, 2.75) is 83.6 Å². The van der Waals surface area contributed by atoms with E-state index in [1.54, 1.807) is 22.2 Å². The molecule has 2 fully saturated rings. The average Bonchev–Trinajstić information content (AvgIpc) is 4.03. The molecule has 16 heteroatoms. The fraction of sp³-hybridized carbons (Fsp3) is 0.415. The van der Waals surface area contributed by atoms with Crippen LogP contribution in [0.25, 0.3) is 44.8 Å². The lowest BCUT2D eigenvalue weighted by Gasteiger charge is -2.33. The zero-order valence-corrected chi connectivity index (χ0v) is 32.6. The van der Waals surface area contributed by atoms with Crippen LogP contribution < -0.4 is 5.32 Å². The van der Waals surface area contributed by atoms with Crippen LogP contribution in [0.15, 0.2) is 61.1 Å². The summed E-state index contributed by atoms with van der Waals surface area (Å²) in [6.45, 7) is 7.56. The summed E-state index contributed by atoms with van der Waals surface area (Å²) in [4.78, 5) is 80.6. The van der Waals surface area contributed by atoms with Gasteiger partial charge in [-0.1, -0.05) is 44.2 Å². The van der Waals surface area contributed by atoms with E-state index in [-0.39, 0.29) is 35.7 Å². The molecule has 298 valence electrons. The molecule has 0 radical (unpaired) electrons. The van der Waals surface area contributed by atoms with E-state index < -0.39 is 24.3 Å². The molecule has 2 aliphatic rings. The maximum atomic E-state index is 13.6. The second-order valence-corrected chi connectivity index (χ2v) is 15.3. The summed E-state index contributed by atoms with van der Waals surface area (Å²) in [5, 5.41) is 22.4. The molecule has 57 heavy (non-hydrogen) atoms. The zero-order chi connectivity index (χ0) is 40.5. The molecule has 2 aromatic carbocycles. The second-order valence-electron chi connectivity index (χ2n) is 15.3. The number of aliphatic hydroxyl groups is 1. The van der Waals surface area contributed by atoms with Crippen LogP contribution in [-0.2, 0) is 14.4 Å². The number of carboxylic acid groups (broad SMARTS) is 1. The van der Waals surface area contributed by atoms with Crippen LogP contribution in [0, 0.1) is 5.92 Å². The first-order valence-corrected chi connectivity index (χ1v) is 19.3. The molecule has 5 aromatic rings. The number of nitrogens with zero attached hydrogens (tertiary/aromatic N) is 7. The molecule has 0 bridgehead atoms. The van der Waals surface area contributed by atoms with Gasteiger partial charge in [-0.3, -0.25) is 24.3 Å². The van der Waals surface area contributed by atoms with Crippen LogP contribution in [0.2, 0.25) is 0 Å². The molecule has 0 saturated carbocycles. The van der Waals surface area contributed by atoms with Crippen molar-refractivity contribution in [3.8, 4) is 33.8 Å². The van der Waals surface area contributed by atoms with Gasteiger partial charge in [0, 0.05) is 49.9 Å². The molecule has 3 aromatic heterocycles. The van der Waals surface area contributed by atoms with Crippen molar-refractivity contribution >= 4 is 34.8 Å². The quantitative estimate of drug-likeness (QED) is 0.122. The van der Waals surface area contributed by atoms with Crippen molar-refractivity contribution in [2.24, 2.45) is 5.92 Å². The number of carbonyl (C=O) groups excluding carboxylic acids is 3. The zero-order valence-electron chi connectivity index (χ0n) is 32.6. The highest BCUT2D eigenvalue weighted by Gasteiger charge is 2.40. The lowest BCUT2D eigenvalue weighted by molar-refractivity contribution is -0.140. The largest absolute Gasteiger partial charge is 0.465 e. The van der Waals surface area contributed by atoms with Crippen molar-refractivity contribution in [1.82, 2.24) is 49.9 Å². The van der Waals surface area contributed by atoms with E-state index in [0.29, 0.717) is 42.4 Å². The van der Waals surface area contributed by atoms with Gasteiger partial charge in [-0.15, -0.1) is 0 Å². The van der Waals surface area contributed by atoms with Gasteiger partial charge >= 0.3 is 6.09 Å². The highest BCUT2D eigenvalue weighted by molar-refractivity contribution is 5.88. The van der Waals surface area contributed by atoms with Crippen LogP contribution in [0.5, 0.6) is 0 Å². The molecule has 0 spiro atoms. The van der Waals surface area contributed by atoms with E-state index in [1.165, 1.54) is 20.9 Å². The van der Waals surface area contributed by atoms with Gasteiger partial charge in [0.25, 0.3) is 0 Å². The number of aromatic amines is 2. The van der Waals surface area contributed by atoms with E-state index in [4.69, 9.17) is 15.0 Å². The van der Waals surface area contributed by atoms with E-state index in [9.17, 15) is 29.4 Å². The SMILES string of the molecule is CC(=O)N[C@H](C(=O)N1CCC[C@H]1c1ncc(-c2ccc3nc(-c4ccc(-c5c[nH]c([C@@H]6CCCN6C(=O)[C@H](C(C)C)N(C)C(=O)O)n5)cc4)cnc3c2)[nH]1)C(C)O. The monoisotopic (exact) mass is 776 g/mol. The van der Waals surface area contributed by atoms with Crippen LogP contribution in [-0.4, -0.2) is 117 Å². The highest BCUT2D eigenvalue weighted by atomic mass is 16.4. The third kappa shape index (κ3) is 7.94. The number of amides is 4.